The number of aliphatic carboxylic acids is 1. The molecule has 0 saturated carbocycles. The van der Waals surface area contributed by atoms with Crippen LogP contribution in [0.2, 0.25) is 0 Å². The quantitative estimate of drug-likeness (QED) is 0.209. The molecule has 0 fully saturated rings. The van der Waals surface area contributed by atoms with Gasteiger partial charge in [0, 0.05) is 0 Å². The molecule has 0 amide bonds. The third kappa shape index (κ3) is 5.92. The lowest BCUT2D eigenvalue weighted by Gasteiger charge is -2.13. The Balaban J connectivity index is 3.81. The first-order valence-corrected chi connectivity index (χ1v) is 4.11. The van der Waals surface area contributed by atoms with Gasteiger partial charge in [0.15, 0.2) is 5.96 Å². The van der Waals surface area contributed by atoms with Gasteiger partial charge in [-0.25, -0.2) is 4.79 Å². The number of nitrogens with one attached hydrogen (secondary N) is 2. The molecule has 0 aliphatic heterocycles. The predicted octanol–water partition coefficient (Wildman–Crippen LogP) is -0.948. The van der Waals surface area contributed by atoms with Gasteiger partial charge in [-0.05, 0) is 25.8 Å². The van der Waals surface area contributed by atoms with E-state index in [0.717, 1.165) is 6.42 Å². The molecule has 0 bridgehead atoms. The molecule has 6 nitrogen and oxygen atoms in total. The van der Waals surface area contributed by atoms with E-state index in [1.165, 1.54) is 0 Å². The largest absolute Gasteiger partial charge is 0.480 e. The van der Waals surface area contributed by atoms with E-state index in [1.807, 2.05) is 0 Å². The van der Waals surface area contributed by atoms with Crippen LogP contribution in [0.4, 0.5) is 0 Å². The molecule has 0 aromatic carbocycles. The number of hydrogen-bond donors (Lipinski definition) is 5. The molecule has 0 rings (SSSR count). The van der Waals surface area contributed by atoms with E-state index in [4.69, 9.17) is 22.0 Å². The number of carboxylic acids is 1. The molecular formula is C7H16N4O2. The summed E-state index contributed by atoms with van der Waals surface area (Å²) in [6.07, 6.45) is 1.93. The number of carboxylic acid groups (broad SMARTS) is 1. The molecule has 0 aliphatic carbocycles. The Bertz CT molecular complexity index is 183. The van der Waals surface area contributed by atoms with Crippen LogP contribution in [0.3, 0.4) is 0 Å². The minimum absolute atomic E-state index is 0.319. The zero-order valence-corrected chi connectivity index (χ0v) is 7.42. The lowest BCUT2D eigenvalue weighted by atomic mass is 10.1. The molecule has 1 atom stereocenters. The second kappa shape index (κ2) is 6.24. The van der Waals surface area contributed by atoms with Gasteiger partial charge >= 0.3 is 5.97 Å². The van der Waals surface area contributed by atoms with Crippen molar-refractivity contribution >= 4 is 11.9 Å². The van der Waals surface area contributed by atoms with E-state index in [0.29, 0.717) is 19.4 Å². The van der Waals surface area contributed by atoms with Crippen LogP contribution in [0.5, 0.6) is 0 Å². The Morgan fingerprint density at radius 3 is 2.54 bits per heavy atom. The van der Waals surface area contributed by atoms with Crippen molar-refractivity contribution in [3.05, 3.63) is 0 Å². The molecular weight excluding hydrogens is 172 g/mol. The van der Waals surface area contributed by atoms with E-state index in [9.17, 15) is 4.79 Å². The first kappa shape index (κ1) is 11.7. The number of carbonyl (C=O) groups is 1. The van der Waals surface area contributed by atoms with Gasteiger partial charge in [-0.1, -0.05) is 0 Å². The minimum atomic E-state index is -0.993. The summed E-state index contributed by atoms with van der Waals surface area (Å²) in [5.74, 6) is -1.31. The number of nitrogens with two attached hydrogens (primary N) is 2. The summed E-state index contributed by atoms with van der Waals surface area (Å²) in [6.45, 7) is 0.548. The Labute approximate surface area is 76.8 Å². The SMILES string of the molecule is N=C(N)NC(CCCCN)C(=O)O. The lowest BCUT2D eigenvalue weighted by molar-refractivity contribution is -0.139. The molecule has 0 aromatic rings. The first-order valence-electron chi connectivity index (χ1n) is 4.11. The Morgan fingerprint density at radius 2 is 2.15 bits per heavy atom. The van der Waals surface area contributed by atoms with Crippen LogP contribution < -0.4 is 16.8 Å². The monoisotopic (exact) mass is 188 g/mol. The second-order valence-electron chi connectivity index (χ2n) is 2.73. The zero-order chi connectivity index (χ0) is 10.3. The maximum Gasteiger partial charge on any atom is 0.326 e. The summed E-state index contributed by atoms with van der Waals surface area (Å²) < 4.78 is 0. The van der Waals surface area contributed by atoms with Gasteiger partial charge in [-0.15, -0.1) is 0 Å². The summed E-state index contributed by atoms with van der Waals surface area (Å²) in [7, 11) is 0. The highest BCUT2D eigenvalue weighted by atomic mass is 16.4. The van der Waals surface area contributed by atoms with Crippen LogP contribution in [0.1, 0.15) is 19.3 Å². The van der Waals surface area contributed by atoms with Crippen molar-refractivity contribution in [2.75, 3.05) is 6.54 Å². The topological polar surface area (TPSA) is 125 Å². The summed E-state index contributed by atoms with van der Waals surface area (Å²) in [6, 6.07) is -0.774. The zero-order valence-electron chi connectivity index (χ0n) is 7.42. The highest BCUT2D eigenvalue weighted by molar-refractivity contribution is 5.82. The van der Waals surface area contributed by atoms with Crippen LogP contribution in [0.25, 0.3) is 0 Å². The Hall–Kier alpha value is -1.30. The number of unbranched alkanes of at least 4 members (excludes halogenated alkanes) is 1. The third-order valence-corrected chi connectivity index (χ3v) is 1.57. The Kier molecular flexibility index (Phi) is 5.62. The van der Waals surface area contributed by atoms with Gasteiger partial charge in [-0.2, -0.15) is 0 Å². The van der Waals surface area contributed by atoms with Crippen molar-refractivity contribution in [3.8, 4) is 0 Å². The van der Waals surface area contributed by atoms with Crippen molar-refractivity contribution < 1.29 is 9.90 Å². The average molecular weight is 188 g/mol. The highest BCUT2D eigenvalue weighted by Gasteiger charge is 2.16. The summed E-state index contributed by atoms with van der Waals surface area (Å²) >= 11 is 0. The average Bonchev–Trinajstić information content (AvgIpc) is 2.02. The molecule has 0 saturated heterocycles. The summed E-state index contributed by atoms with van der Waals surface area (Å²) in [5.41, 5.74) is 10.3. The summed E-state index contributed by atoms with van der Waals surface area (Å²) in [5, 5.41) is 17.9. The first-order chi connectivity index (χ1) is 6.07. The fourth-order valence-electron chi connectivity index (χ4n) is 0.938. The van der Waals surface area contributed by atoms with Crippen molar-refractivity contribution in [1.82, 2.24) is 5.32 Å². The lowest BCUT2D eigenvalue weighted by Crippen LogP contribution is -2.44. The van der Waals surface area contributed by atoms with Crippen molar-refractivity contribution in [3.63, 3.8) is 0 Å². The van der Waals surface area contributed by atoms with Crippen LogP contribution >= 0.6 is 0 Å². The molecule has 0 heterocycles. The molecule has 0 aliphatic rings. The van der Waals surface area contributed by atoms with Gasteiger partial charge < -0.3 is 21.9 Å². The predicted molar refractivity (Wildman–Crippen MR) is 49.4 cm³/mol. The van der Waals surface area contributed by atoms with Crippen molar-refractivity contribution in [1.29, 1.82) is 5.41 Å². The summed E-state index contributed by atoms with van der Waals surface area (Å²) in [4.78, 5) is 10.6. The highest BCUT2D eigenvalue weighted by Crippen LogP contribution is 1.99. The van der Waals surface area contributed by atoms with Crippen LogP contribution in [0, 0.1) is 5.41 Å². The maximum absolute atomic E-state index is 10.6. The molecule has 6 heteroatoms. The molecule has 0 aromatic heterocycles. The molecule has 0 radical (unpaired) electrons. The van der Waals surface area contributed by atoms with Gasteiger partial charge in [0.1, 0.15) is 6.04 Å². The number of guanidine groups is 1. The molecule has 13 heavy (non-hydrogen) atoms. The van der Waals surface area contributed by atoms with Gasteiger partial charge in [0.25, 0.3) is 0 Å². The van der Waals surface area contributed by atoms with E-state index >= 15 is 0 Å². The van der Waals surface area contributed by atoms with Gasteiger partial charge in [-0.3, -0.25) is 5.41 Å². The number of rotatable bonds is 6. The standard InChI is InChI=1S/C7H16N4O2/c8-4-2-1-3-5(6(12)13)11-7(9)10/h5H,1-4,8H2,(H,12,13)(H4,9,10,11). The van der Waals surface area contributed by atoms with E-state index in [2.05, 4.69) is 5.32 Å². The minimum Gasteiger partial charge on any atom is -0.480 e. The van der Waals surface area contributed by atoms with Crippen molar-refractivity contribution in [2.24, 2.45) is 11.5 Å². The van der Waals surface area contributed by atoms with Crippen molar-refractivity contribution in [2.45, 2.75) is 25.3 Å². The van der Waals surface area contributed by atoms with Gasteiger partial charge in [0.2, 0.25) is 0 Å². The second-order valence-corrected chi connectivity index (χ2v) is 2.73. The molecule has 76 valence electrons. The Morgan fingerprint density at radius 1 is 1.54 bits per heavy atom. The van der Waals surface area contributed by atoms with E-state index in [-0.39, 0.29) is 5.96 Å². The fraction of sp³-hybridized carbons (Fsp3) is 0.714. The number of hydrogen-bond acceptors (Lipinski definition) is 3. The van der Waals surface area contributed by atoms with Crippen LogP contribution in [-0.2, 0) is 4.79 Å². The molecule has 7 N–H and O–H groups in total. The van der Waals surface area contributed by atoms with E-state index in [1.54, 1.807) is 0 Å². The maximum atomic E-state index is 10.6. The smallest absolute Gasteiger partial charge is 0.326 e. The normalized spacial score (nSPS) is 12.1. The molecule has 1 unspecified atom stereocenters. The van der Waals surface area contributed by atoms with Gasteiger partial charge in [0.05, 0.1) is 0 Å². The van der Waals surface area contributed by atoms with Crippen LogP contribution in [0.15, 0.2) is 0 Å². The fourth-order valence-corrected chi connectivity index (χ4v) is 0.938. The van der Waals surface area contributed by atoms with Crippen LogP contribution in [-0.4, -0.2) is 29.6 Å². The molecule has 0 spiro atoms. The van der Waals surface area contributed by atoms with E-state index < -0.39 is 12.0 Å². The third-order valence-electron chi connectivity index (χ3n) is 1.57.